The van der Waals surface area contributed by atoms with Gasteiger partial charge in [0.25, 0.3) is 5.91 Å². The zero-order chi connectivity index (χ0) is 13.8. The second-order valence-electron chi connectivity index (χ2n) is 4.31. The average molecular weight is 262 g/mol. The maximum Gasteiger partial charge on any atom is 0.328 e. The Kier molecular flexibility index (Phi) is 3.91. The first-order chi connectivity index (χ1) is 9.08. The summed E-state index contributed by atoms with van der Waals surface area (Å²) in [5, 5.41) is 18.0. The first-order valence-electron chi connectivity index (χ1n) is 5.91. The van der Waals surface area contributed by atoms with Crippen molar-refractivity contribution in [3.63, 3.8) is 0 Å². The van der Waals surface area contributed by atoms with Crippen LogP contribution in [0.5, 0.6) is 0 Å². The standard InChI is InChI=1S/C13H14N2O4/c16-10-5-7-15(8-10)13(19)12-9(2-1-6-14-12)3-4-11(17)18/h1-4,6,10,16H,5,7-8H2,(H,17,18)/b4-3+. The molecule has 0 aliphatic carbocycles. The summed E-state index contributed by atoms with van der Waals surface area (Å²) in [4.78, 5) is 28.3. The molecule has 0 spiro atoms. The molecule has 1 aromatic rings. The predicted octanol–water partition coefficient (Wildman–Crippen LogP) is 0.386. The molecule has 1 aliphatic rings. The molecule has 100 valence electrons. The third-order valence-corrected chi connectivity index (χ3v) is 2.90. The van der Waals surface area contributed by atoms with Crippen LogP contribution in [0.25, 0.3) is 6.08 Å². The van der Waals surface area contributed by atoms with E-state index < -0.39 is 12.1 Å². The Morgan fingerprint density at radius 2 is 2.26 bits per heavy atom. The molecule has 1 unspecified atom stereocenters. The van der Waals surface area contributed by atoms with E-state index in [4.69, 9.17) is 5.11 Å². The Morgan fingerprint density at radius 3 is 2.89 bits per heavy atom. The van der Waals surface area contributed by atoms with Gasteiger partial charge in [0, 0.05) is 30.9 Å². The number of likely N-dealkylation sites (tertiary alicyclic amines) is 1. The molecule has 19 heavy (non-hydrogen) atoms. The van der Waals surface area contributed by atoms with Crippen molar-refractivity contribution >= 4 is 18.0 Å². The summed E-state index contributed by atoms with van der Waals surface area (Å²) in [6.45, 7) is 0.774. The van der Waals surface area contributed by atoms with Crippen molar-refractivity contribution in [3.05, 3.63) is 35.7 Å². The topological polar surface area (TPSA) is 90.7 Å². The molecule has 6 nitrogen and oxygen atoms in total. The van der Waals surface area contributed by atoms with Gasteiger partial charge in [-0.3, -0.25) is 9.78 Å². The fourth-order valence-corrected chi connectivity index (χ4v) is 1.97. The minimum atomic E-state index is -1.08. The highest BCUT2D eigenvalue weighted by atomic mass is 16.4. The van der Waals surface area contributed by atoms with Crippen LogP contribution in [0.1, 0.15) is 22.5 Å². The number of amides is 1. The molecule has 1 aromatic heterocycles. The number of aromatic nitrogens is 1. The highest BCUT2D eigenvalue weighted by Gasteiger charge is 2.27. The van der Waals surface area contributed by atoms with Gasteiger partial charge in [0.15, 0.2) is 0 Å². The van der Waals surface area contributed by atoms with Gasteiger partial charge in [0.05, 0.1) is 6.10 Å². The third kappa shape index (κ3) is 3.17. The summed E-state index contributed by atoms with van der Waals surface area (Å²) >= 11 is 0. The summed E-state index contributed by atoms with van der Waals surface area (Å²) in [6, 6.07) is 3.27. The van der Waals surface area contributed by atoms with E-state index in [0.29, 0.717) is 18.5 Å². The first-order valence-corrected chi connectivity index (χ1v) is 5.91. The Morgan fingerprint density at radius 1 is 1.47 bits per heavy atom. The van der Waals surface area contributed by atoms with Gasteiger partial charge in [0.2, 0.25) is 0 Å². The summed E-state index contributed by atoms with van der Waals surface area (Å²) in [6.07, 6.45) is 3.85. The Bertz CT molecular complexity index is 527. The van der Waals surface area contributed by atoms with Gasteiger partial charge in [-0.25, -0.2) is 4.79 Å². The lowest BCUT2D eigenvalue weighted by Gasteiger charge is -2.15. The number of carbonyl (C=O) groups is 2. The van der Waals surface area contributed by atoms with Gasteiger partial charge >= 0.3 is 5.97 Å². The monoisotopic (exact) mass is 262 g/mol. The van der Waals surface area contributed by atoms with Crippen molar-refractivity contribution in [3.8, 4) is 0 Å². The van der Waals surface area contributed by atoms with Crippen LogP contribution >= 0.6 is 0 Å². The van der Waals surface area contributed by atoms with Crippen molar-refractivity contribution in [1.82, 2.24) is 9.88 Å². The second-order valence-corrected chi connectivity index (χ2v) is 4.31. The molecule has 1 amide bonds. The van der Waals surface area contributed by atoms with Crippen LogP contribution in [0.4, 0.5) is 0 Å². The number of carboxylic acid groups (broad SMARTS) is 1. The normalized spacial score (nSPS) is 19.0. The molecule has 1 fully saturated rings. The molecule has 1 atom stereocenters. The molecule has 1 aliphatic heterocycles. The third-order valence-electron chi connectivity index (χ3n) is 2.90. The minimum absolute atomic E-state index is 0.203. The van der Waals surface area contributed by atoms with Crippen molar-refractivity contribution in [2.45, 2.75) is 12.5 Å². The van der Waals surface area contributed by atoms with Gasteiger partial charge in [-0.1, -0.05) is 6.07 Å². The molecule has 0 bridgehead atoms. The van der Waals surface area contributed by atoms with E-state index in [9.17, 15) is 14.7 Å². The second kappa shape index (κ2) is 5.62. The predicted molar refractivity (Wildman–Crippen MR) is 67.4 cm³/mol. The number of aliphatic hydroxyl groups is 1. The highest BCUT2D eigenvalue weighted by molar-refractivity contribution is 5.97. The van der Waals surface area contributed by atoms with Crippen LogP contribution in [0.3, 0.4) is 0 Å². The van der Waals surface area contributed by atoms with Crippen molar-refractivity contribution in [2.24, 2.45) is 0 Å². The van der Waals surface area contributed by atoms with Crippen LogP contribution in [0.15, 0.2) is 24.4 Å². The van der Waals surface area contributed by atoms with Gasteiger partial charge in [0.1, 0.15) is 5.69 Å². The van der Waals surface area contributed by atoms with E-state index in [1.807, 2.05) is 0 Å². The molecular weight excluding hydrogens is 248 g/mol. The number of aliphatic hydroxyl groups excluding tert-OH is 1. The molecule has 0 saturated carbocycles. The Hall–Kier alpha value is -2.21. The van der Waals surface area contributed by atoms with Crippen LogP contribution in [-0.2, 0) is 4.79 Å². The number of aliphatic carboxylic acids is 1. The molecule has 0 radical (unpaired) electrons. The van der Waals surface area contributed by atoms with Crippen LogP contribution in [0.2, 0.25) is 0 Å². The number of rotatable bonds is 3. The number of carbonyl (C=O) groups excluding carboxylic acids is 1. The fraction of sp³-hybridized carbons (Fsp3) is 0.308. The number of hydrogen-bond donors (Lipinski definition) is 2. The average Bonchev–Trinajstić information content (AvgIpc) is 2.82. The lowest BCUT2D eigenvalue weighted by atomic mass is 10.1. The molecule has 2 heterocycles. The van der Waals surface area contributed by atoms with Crippen LogP contribution < -0.4 is 0 Å². The van der Waals surface area contributed by atoms with E-state index >= 15 is 0 Å². The van der Waals surface area contributed by atoms with E-state index in [1.165, 1.54) is 17.2 Å². The lowest BCUT2D eigenvalue weighted by molar-refractivity contribution is -0.131. The zero-order valence-corrected chi connectivity index (χ0v) is 10.2. The summed E-state index contributed by atoms with van der Waals surface area (Å²) < 4.78 is 0. The van der Waals surface area contributed by atoms with Gasteiger partial charge in [-0.2, -0.15) is 0 Å². The Balaban J connectivity index is 2.24. The molecule has 6 heteroatoms. The largest absolute Gasteiger partial charge is 0.478 e. The molecule has 2 N–H and O–H groups in total. The molecule has 0 aromatic carbocycles. The molecule has 1 saturated heterocycles. The van der Waals surface area contributed by atoms with Crippen molar-refractivity contribution < 1.29 is 19.8 Å². The van der Waals surface area contributed by atoms with E-state index in [2.05, 4.69) is 4.98 Å². The number of hydrogen-bond acceptors (Lipinski definition) is 4. The number of carboxylic acids is 1. The maximum absolute atomic E-state index is 12.2. The van der Waals surface area contributed by atoms with E-state index in [0.717, 1.165) is 6.08 Å². The smallest absolute Gasteiger partial charge is 0.328 e. The van der Waals surface area contributed by atoms with Crippen molar-refractivity contribution in [2.75, 3.05) is 13.1 Å². The number of pyridine rings is 1. The van der Waals surface area contributed by atoms with E-state index in [1.54, 1.807) is 12.1 Å². The van der Waals surface area contributed by atoms with Gasteiger partial charge in [-0.05, 0) is 18.6 Å². The number of nitrogens with zero attached hydrogens (tertiary/aromatic N) is 2. The summed E-state index contributed by atoms with van der Waals surface area (Å²) in [5.74, 6) is -1.37. The van der Waals surface area contributed by atoms with Gasteiger partial charge < -0.3 is 15.1 Å². The minimum Gasteiger partial charge on any atom is -0.478 e. The Labute approximate surface area is 110 Å². The van der Waals surface area contributed by atoms with E-state index in [-0.39, 0.29) is 18.1 Å². The fourth-order valence-electron chi connectivity index (χ4n) is 1.97. The molecular formula is C13H14N2O4. The maximum atomic E-state index is 12.2. The van der Waals surface area contributed by atoms with Gasteiger partial charge in [-0.15, -0.1) is 0 Å². The lowest BCUT2D eigenvalue weighted by Crippen LogP contribution is -2.30. The zero-order valence-electron chi connectivity index (χ0n) is 10.2. The molecule has 2 rings (SSSR count). The number of β-amino-alcohol motifs (C(OH)–C–C–N with tert-alkyl or cyclic N) is 1. The quantitative estimate of drug-likeness (QED) is 0.769. The SMILES string of the molecule is O=C(O)/C=C/c1cccnc1C(=O)N1CCC(O)C1. The highest BCUT2D eigenvalue weighted by Crippen LogP contribution is 2.15. The van der Waals surface area contributed by atoms with Crippen LogP contribution in [0, 0.1) is 0 Å². The summed E-state index contributed by atoms with van der Waals surface area (Å²) in [5.41, 5.74) is 0.658. The van der Waals surface area contributed by atoms with Crippen LogP contribution in [-0.4, -0.2) is 51.2 Å². The summed E-state index contributed by atoms with van der Waals surface area (Å²) in [7, 11) is 0. The first kappa shape index (κ1) is 13.2. The van der Waals surface area contributed by atoms with Crippen molar-refractivity contribution in [1.29, 1.82) is 0 Å².